The zero-order chi connectivity index (χ0) is 22.2. The number of rotatable bonds is 9. The van der Waals surface area contributed by atoms with Gasteiger partial charge in [0.2, 0.25) is 0 Å². The second-order valence-corrected chi connectivity index (χ2v) is 6.50. The van der Waals surface area contributed by atoms with E-state index in [9.17, 15) is 18.8 Å². The van der Waals surface area contributed by atoms with Gasteiger partial charge in [0.1, 0.15) is 29.5 Å². The molecule has 0 unspecified atom stereocenters. The number of carbonyl (C=O) groups excluding carboxylic acids is 1. The molecule has 3 rings (SSSR count). The lowest BCUT2D eigenvalue weighted by atomic mass is 10.2. The van der Waals surface area contributed by atoms with Gasteiger partial charge in [-0.2, -0.15) is 0 Å². The van der Waals surface area contributed by atoms with Gasteiger partial charge in [-0.05, 0) is 37.3 Å². The molecule has 2 N–H and O–H groups in total. The maximum Gasteiger partial charge on any atom is 0.328 e. The third-order valence-corrected chi connectivity index (χ3v) is 4.38. The summed E-state index contributed by atoms with van der Waals surface area (Å²) in [6, 6.07) is 12.8. The Morgan fingerprint density at radius 3 is 2.42 bits per heavy atom. The Kier molecular flexibility index (Phi) is 7.21. The van der Waals surface area contributed by atoms with Crippen molar-refractivity contribution in [2.24, 2.45) is 0 Å². The van der Waals surface area contributed by atoms with Crippen LogP contribution in [0.4, 0.5) is 4.39 Å². The normalized spacial score (nSPS) is 10.5. The molecule has 0 atom stereocenters. The van der Waals surface area contributed by atoms with Crippen LogP contribution < -0.4 is 26.0 Å². The molecule has 1 amide bonds. The molecule has 0 bridgehead atoms. The summed E-state index contributed by atoms with van der Waals surface area (Å²) >= 11 is 0. The fourth-order valence-corrected chi connectivity index (χ4v) is 2.84. The van der Waals surface area contributed by atoms with Crippen molar-refractivity contribution in [3.05, 3.63) is 92.5 Å². The summed E-state index contributed by atoms with van der Waals surface area (Å²) in [5.41, 5.74) is -1.63. The monoisotopic (exact) mass is 427 g/mol. The highest BCUT2D eigenvalue weighted by atomic mass is 19.1. The van der Waals surface area contributed by atoms with Gasteiger partial charge in [0, 0.05) is 11.8 Å². The van der Waals surface area contributed by atoms with Crippen molar-refractivity contribution in [3.8, 4) is 11.5 Å². The Hall–Kier alpha value is -3.88. The summed E-state index contributed by atoms with van der Waals surface area (Å²) < 4.78 is 25.5. The Morgan fingerprint density at radius 2 is 1.74 bits per heavy atom. The highest BCUT2D eigenvalue weighted by Crippen LogP contribution is 2.17. The lowest BCUT2D eigenvalue weighted by Gasteiger charge is -2.10. The van der Waals surface area contributed by atoms with Crippen LogP contribution in [0, 0.1) is 5.82 Å². The van der Waals surface area contributed by atoms with Crippen LogP contribution >= 0.6 is 0 Å². The topological polar surface area (TPSA) is 102 Å². The highest BCUT2D eigenvalue weighted by molar-refractivity contribution is 5.93. The van der Waals surface area contributed by atoms with E-state index in [4.69, 9.17) is 9.47 Å². The van der Waals surface area contributed by atoms with E-state index < -0.39 is 23.0 Å². The van der Waals surface area contributed by atoms with E-state index in [1.54, 1.807) is 30.3 Å². The molecule has 0 fully saturated rings. The highest BCUT2D eigenvalue weighted by Gasteiger charge is 2.15. The van der Waals surface area contributed by atoms with Gasteiger partial charge < -0.3 is 19.8 Å². The van der Waals surface area contributed by atoms with E-state index in [-0.39, 0.29) is 30.8 Å². The molecule has 9 heteroatoms. The molecule has 1 aromatic heterocycles. The quantitative estimate of drug-likeness (QED) is 0.508. The van der Waals surface area contributed by atoms with Crippen LogP contribution in [0.25, 0.3) is 0 Å². The standard InChI is InChI=1S/C22H22FN3O5/c1-2-30-16-7-9-17(10-8-16)31-12-11-24-20(27)18-13-25-22(29)26(21(18)28)14-15-5-3-4-6-19(15)23/h3-10,13H,2,11-12,14H2,1H3,(H,24,27)(H,25,29). The molecular weight excluding hydrogens is 405 g/mol. The van der Waals surface area contributed by atoms with Gasteiger partial charge in [-0.25, -0.2) is 9.18 Å². The Balaban J connectivity index is 1.61. The van der Waals surface area contributed by atoms with Crippen molar-refractivity contribution in [1.82, 2.24) is 14.9 Å². The molecule has 31 heavy (non-hydrogen) atoms. The average molecular weight is 427 g/mol. The summed E-state index contributed by atoms with van der Waals surface area (Å²) in [5.74, 6) is 0.121. The zero-order valence-electron chi connectivity index (χ0n) is 16.9. The number of benzene rings is 2. The van der Waals surface area contributed by atoms with Crippen LogP contribution in [0.2, 0.25) is 0 Å². The number of hydrogen-bond acceptors (Lipinski definition) is 5. The van der Waals surface area contributed by atoms with E-state index in [2.05, 4.69) is 10.3 Å². The lowest BCUT2D eigenvalue weighted by molar-refractivity contribution is 0.0944. The minimum absolute atomic E-state index is 0.137. The molecule has 162 valence electrons. The van der Waals surface area contributed by atoms with Gasteiger partial charge >= 0.3 is 5.69 Å². The van der Waals surface area contributed by atoms with E-state index >= 15 is 0 Å². The van der Waals surface area contributed by atoms with E-state index in [0.717, 1.165) is 16.5 Å². The van der Waals surface area contributed by atoms with E-state index in [1.807, 2.05) is 6.92 Å². The largest absolute Gasteiger partial charge is 0.494 e. The molecule has 0 aliphatic carbocycles. The number of aromatic amines is 1. The average Bonchev–Trinajstić information content (AvgIpc) is 2.76. The van der Waals surface area contributed by atoms with Gasteiger partial charge in [-0.15, -0.1) is 0 Å². The Morgan fingerprint density at radius 1 is 1.06 bits per heavy atom. The van der Waals surface area contributed by atoms with Crippen molar-refractivity contribution in [3.63, 3.8) is 0 Å². The van der Waals surface area contributed by atoms with Crippen LogP contribution in [0.5, 0.6) is 11.5 Å². The van der Waals surface area contributed by atoms with Gasteiger partial charge in [0.25, 0.3) is 11.5 Å². The summed E-state index contributed by atoms with van der Waals surface area (Å²) in [5, 5.41) is 2.57. The molecule has 2 aromatic carbocycles. The van der Waals surface area contributed by atoms with Crippen LogP contribution in [-0.2, 0) is 6.54 Å². The minimum Gasteiger partial charge on any atom is -0.494 e. The second kappa shape index (κ2) is 10.2. The van der Waals surface area contributed by atoms with Gasteiger partial charge in [0.05, 0.1) is 19.7 Å². The van der Waals surface area contributed by atoms with Crippen molar-refractivity contribution >= 4 is 5.91 Å². The second-order valence-electron chi connectivity index (χ2n) is 6.50. The maximum atomic E-state index is 13.9. The lowest BCUT2D eigenvalue weighted by Crippen LogP contribution is -2.41. The molecule has 8 nitrogen and oxygen atoms in total. The molecule has 0 aliphatic heterocycles. The number of nitrogens with one attached hydrogen (secondary N) is 2. The number of nitrogens with zero attached hydrogens (tertiary/aromatic N) is 1. The smallest absolute Gasteiger partial charge is 0.328 e. The molecule has 0 radical (unpaired) electrons. The molecule has 0 saturated heterocycles. The zero-order valence-corrected chi connectivity index (χ0v) is 16.9. The number of hydrogen-bond donors (Lipinski definition) is 2. The number of H-pyrrole nitrogens is 1. The van der Waals surface area contributed by atoms with Gasteiger partial charge in [0.15, 0.2) is 0 Å². The summed E-state index contributed by atoms with van der Waals surface area (Å²) in [4.78, 5) is 39.4. The fraction of sp³-hybridized carbons (Fsp3) is 0.227. The van der Waals surface area contributed by atoms with E-state index in [0.29, 0.717) is 12.4 Å². The minimum atomic E-state index is -0.808. The molecule has 3 aromatic rings. The predicted molar refractivity (Wildman–Crippen MR) is 112 cm³/mol. The Labute approximate surface area is 177 Å². The summed E-state index contributed by atoms with van der Waals surface area (Å²) in [6.45, 7) is 2.48. The predicted octanol–water partition coefficient (Wildman–Crippen LogP) is 1.93. The number of aromatic nitrogens is 2. The molecule has 1 heterocycles. The summed E-state index contributed by atoms with van der Waals surface area (Å²) in [7, 11) is 0. The molecular formula is C22H22FN3O5. The van der Waals surface area contributed by atoms with Crippen LogP contribution in [0.1, 0.15) is 22.8 Å². The molecule has 0 saturated carbocycles. The third kappa shape index (κ3) is 5.59. The summed E-state index contributed by atoms with van der Waals surface area (Å²) in [6.07, 6.45) is 1.05. The van der Waals surface area contributed by atoms with Crippen molar-refractivity contribution < 1.29 is 18.7 Å². The number of amides is 1. The van der Waals surface area contributed by atoms with Crippen molar-refractivity contribution in [2.45, 2.75) is 13.5 Å². The first-order valence-electron chi connectivity index (χ1n) is 9.69. The Bertz CT molecular complexity index is 1150. The van der Waals surface area contributed by atoms with Crippen molar-refractivity contribution in [1.29, 1.82) is 0 Å². The van der Waals surface area contributed by atoms with Crippen LogP contribution in [0.3, 0.4) is 0 Å². The van der Waals surface area contributed by atoms with Crippen LogP contribution in [-0.4, -0.2) is 35.2 Å². The maximum absolute atomic E-state index is 13.9. The number of ether oxygens (including phenoxy) is 2. The fourth-order valence-electron chi connectivity index (χ4n) is 2.84. The SMILES string of the molecule is CCOc1ccc(OCCNC(=O)c2c[nH]c(=O)n(Cc3ccccc3F)c2=O)cc1. The number of halogens is 1. The number of carbonyl (C=O) groups is 1. The molecule has 0 spiro atoms. The molecule has 0 aliphatic rings. The first kappa shape index (κ1) is 21.8. The first-order valence-corrected chi connectivity index (χ1v) is 9.69. The van der Waals surface area contributed by atoms with Crippen LogP contribution in [0.15, 0.2) is 64.3 Å². The van der Waals surface area contributed by atoms with Crippen molar-refractivity contribution in [2.75, 3.05) is 19.8 Å². The van der Waals surface area contributed by atoms with Gasteiger partial charge in [-0.3, -0.25) is 14.2 Å². The van der Waals surface area contributed by atoms with E-state index in [1.165, 1.54) is 18.2 Å². The first-order chi connectivity index (χ1) is 15.0. The third-order valence-electron chi connectivity index (χ3n) is 4.38. The van der Waals surface area contributed by atoms with Gasteiger partial charge in [-0.1, -0.05) is 18.2 Å².